The number of hydrogen-bond acceptors (Lipinski definition) is 28. The maximum absolute atomic E-state index is 14.8. The predicted molar refractivity (Wildman–Crippen MR) is 466 cm³/mol. The van der Waals surface area contributed by atoms with Crippen molar-refractivity contribution in [3.05, 3.63) is 122 Å². The third-order valence-electron chi connectivity index (χ3n) is 27.3. The Balaban J connectivity index is 0.000000241. The number of ketones is 4. The normalized spacial score (nSPS) is 33.3. The van der Waals surface area contributed by atoms with Crippen LogP contribution in [-0.2, 0) is 38.1 Å². The van der Waals surface area contributed by atoms with Gasteiger partial charge < -0.3 is 79.9 Å². The largest absolute Gasteiger partial charge is 0.507 e. The summed E-state index contributed by atoms with van der Waals surface area (Å²) in [6, 6.07) is 1.10. The van der Waals surface area contributed by atoms with Crippen molar-refractivity contribution in [2.45, 2.75) is 236 Å². The van der Waals surface area contributed by atoms with Gasteiger partial charge in [0.1, 0.15) is 46.7 Å². The zero-order valence-electron chi connectivity index (χ0n) is 74.6. The number of benzene rings is 3. The molecular formula is C94H126N8O22. The molecule has 10 N–H and O–H groups in total. The number of carbonyl (C=O) groups excluding carboxylic acids is 8. The van der Waals surface area contributed by atoms with E-state index in [1.807, 2.05) is 32.7 Å². The SMILES string of the molecule is CC(=O)O[C@H]1[C@H](C)[C@H](O)[C@H](C)[C@@H](O)[C@@H](C)/C=C/C=C(/C)C(=O)NC2=C(/C=N/N3CCN(C4CCCC4)CC3)C(=O)c3c(c(O)c(C)c4c3C(=O)[C@@](C)(O/C=C/[C@H](C)[C@H]1C)O4)C2=O.CC(=O)O[C@H]1[C@H](C)[C@H](O)[C@H](C)[C@@H](O)[C@@H](C)/C=C/C=C(/C)C(=O)Nc2c(/C=N/N3CCN(C4CCCC4)CC3)c(O)c3c4c(c(C)c(O)c3c2O)O[C@](C)(O/C=C/[C@H](C)[C@H]1C)C4=O. The van der Waals surface area contributed by atoms with E-state index >= 15 is 0 Å². The van der Waals surface area contributed by atoms with Crippen LogP contribution in [0.15, 0.2) is 93.8 Å². The van der Waals surface area contributed by atoms with Gasteiger partial charge in [0.15, 0.2) is 11.5 Å². The van der Waals surface area contributed by atoms with E-state index in [9.17, 15) is 79.2 Å². The van der Waals surface area contributed by atoms with Crippen LogP contribution in [0, 0.1) is 73.0 Å². The molecule has 2 saturated heterocycles. The molecule has 8 heterocycles. The summed E-state index contributed by atoms with van der Waals surface area (Å²) in [7, 11) is 0. The number of phenolic OH excluding ortho intramolecular Hbond substituents is 4. The first-order chi connectivity index (χ1) is 58.5. The number of rotatable bonds is 8. The lowest BCUT2D eigenvalue weighted by atomic mass is 9.77. The van der Waals surface area contributed by atoms with E-state index in [-0.39, 0.29) is 95.8 Å². The van der Waals surface area contributed by atoms with Crippen LogP contribution < -0.4 is 20.1 Å². The second-order valence-electron chi connectivity index (χ2n) is 35.9. The molecule has 30 heteroatoms. The molecule has 18 atom stereocenters. The first-order valence-corrected chi connectivity index (χ1v) is 43.7. The van der Waals surface area contributed by atoms with Crippen molar-refractivity contribution in [3.63, 3.8) is 0 Å². The highest BCUT2D eigenvalue weighted by molar-refractivity contribution is 6.38. The second kappa shape index (κ2) is 39.1. The lowest BCUT2D eigenvalue weighted by Crippen LogP contribution is -2.48. The van der Waals surface area contributed by atoms with Crippen LogP contribution in [0.2, 0.25) is 0 Å². The number of hydrogen-bond donors (Lipinski definition) is 10. The molecular weight excluding hydrogens is 1590 g/mol. The minimum absolute atomic E-state index is 0.0171. The van der Waals surface area contributed by atoms with Gasteiger partial charge in [-0.3, -0.25) is 58.2 Å². The van der Waals surface area contributed by atoms with Crippen LogP contribution in [-0.4, -0.2) is 233 Å². The molecule has 14 rings (SSSR count). The van der Waals surface area contributed by atoms with E-state index < -0.39 is 171 Å². The second-order valence-corrected chi connectivity index (χ2v) is 35.9. The Labute approximate surface area is 725 Å². The van der Waals surface area contributed by atoms with Crippen LogP contribution in [0.5, 0.6) is 34.5 Å². The average molecular weight is 1720 g/mol. The molecule has 11 aliphatic rings. The zero-order valence-corrected chi connectivity index (χ0v) is 74.6. The van der Waals surface area contributed by atoms with E-state index in [0.29, 0.717) is 38.3 Å². The van der Waals surface area contributed by atoms with Gasteiger partial charge in [-0.25, -0.2) is 0 Å². The Kier molecular flexibility index (Phi) is 29.8. The molecule has 674 valence electrons. The smallest absolute Gasteiger partial charge is 0.312 e. The molecule has 0 radical (unpaired) electrons. The van der Waals surface area contributed by atoms with Crippen molar-refractivity contribution < 1.29 is 108 Å². The number of aliphatic hydroxyl groups is 4. The van der Waals surface area contributed by atoms with Crippen LogP contribution >= 0.6 is 0 Å². The summed E-state index contributed by atoms with van der Waals surface area (Å²) < 4.78 is 35.9. The first kappa shape index (κ1) is 94.4. The Morgan fingerprint density at radius 3 is 1.32 bits per heavy atom. The Morgan fingerprint density at radius 2 is 0.879 bits per heavy atom. The van der Waals surface area contributed by atoms with Crippen LogP contribution in [0.1, 0.15) is 220 Å². The van der Waals surface area contributed by atoms with Crippen molar-refractivity contribution >= 4 is 75.8 Å². The zero-order chi connectivity index (χ0) is 90.7. The summed E-state index contributed by atoms with van der Waals surface area (Å²) in [5.74, 6) is -17.1. The molecule has 30 nitrogen and oxygen atoms in total. The number of ether oxygens (including phenoxy) is 6. The van der Waals surface area contributed by atoms with Crippen LogP contribution in [0.25, 0.3) is 10.8 Å². The number of Topliss-reactive ketones (excluding diaryl/α,β-unsaturated/α-hetero) is 4. The highest BCUT2D eigenvalue weighted by atomic mass is 16.7. The van der Waals surface area contributed by atoms with E-state index in [0.717, 1.165) is 26.2 Å². The fourth-order valence-corrected chi connectivity index (χ4v) is 18.6. The molecule has 3 aromatic rings. The minimum atomic E-state index is -2.03. The van der Waals surface area contributed by atoms with Gasteiger partial charge >= 0.3 is 23.5 Å². The number of piperazine rings is 2. The molecule has 10 bridgehead atoms. The van der Waals surface area contributed by atoms with Crippen LogP contribution in [0.3, 0.4) is 0 Å². The highest BCUT2D eigenvalue weighted by Crippen LogP contribution is 2.56. The summed E-state index contributed by atoms with van der Waals surface area (Å²) in [6.45, 7) is 34.8. The molecule has 3 aromatic carbocycles. The number of allylic oxidation sites excluding steroid dienone is 8. The van der Waals surface area contributed by atoms with Crippen molar-refractivity contribution in [3.8, 4) is 34.5 Å². The summed E-state index contributed by atoms with van der Waals surface area (Å²) >= 11 is 0. The number of aliphatic hydroxyl groups excluding tert-OH is 4. The third kappa shape index (κ3) is 19.4. The lowest BCUT2D eigenvalue weighted by Gasteiger charge is -2.37. The molecule has 124 heavy (non-hydrogen) atoms. The Morgan fingerprint density at radius 1 is 0.468 bits per heavy atom. The molecule has 2 saturated carbocycles. The Hall–Kier alpha value is -10.2. The number of carbonyl (C=O) groups is 8. The third-order valence-corrected chi connectivity index (χ3v) is 27.3. The van der Waals surface area contributed by atoms with Crippen molar-refractivity contribution in [2.75, 3.05) is 57.7 Å². The summed E-state index contributed by atoms with van der Waals surface area (Å²) in [5, 5.41) is 111. The molecule has 2 amide bonds. The standard InChI is InChI=1S/C47H64N4O11.C47H62N4O11/c2*1-24-17-22-60-47(9)45(58)36-34-35(40(55)30(7)44(36)62-47)42(57)37(33(41(34)56)23-48-51-20-18-50(19-21-51)32-15-10-11-16-32)49-46(59)26(3)14-12-13-25(2)38(53)28(5)39(54)29(6)43(27(24)4)61-31(8)52/h12-14,17,22-25,27-29,32,38-39,43,53-57H,10-11,15-16,18-21H2,1-9H3,(H,49,59);12-14,17,22-25,27-29,32,38-39,43,53-55H,10-11,15-16,18-21H2,1-9H3,(H,49,59)/b2*13-12+,22-17+,26-14-,48-23+/t2*24-,25-,27+,28+,29+,38-,39+,43+,47-/m00/s1. The number of anilines is 1. The number of nitrogens with zero attached hydrogens (tertiary/aromatic N) is 6. The Bertz CT molecular complexity index is 4900. The minimum Gasteiger partial charge on any atom is -0.507 e. The van der Waals surface area contributed by atoms with Crippen LogP contribution in [0.4, 0.5) is 5.69 Å². The van der Waals surface area contributed by atoms with Gasteiger partial charge in [0, 0.05) is 155 Å². The van der Waals surface area contributed by atoms with Gasteiger partial charge in [0.25, 0.3) is 23.4 Å². The average Bonchev–Trinajstić information content (AvgIpc) is 1.55. The summed E-state index contributed by atoms with van der Waals surface area (Å²) in [5.41, 5.74) is -1.82. The van der Waals surface area contributed by atoms with Crippen molar-refractivity contribution in [1.29, 1.82) is 0 Å². The molecule has 8 aliphatic heterocycles. The van der Waals surface area contributed by atoms with Crippen molar-refractivity contribution in [1.82, 2.24) is 25.1 Å². The number of phenols is 4. The predicted octanol–water partition coefficient (Wildman–Crippen LogP) is 11.4. The number of hydrazone groups is 2. The van der Waals surface area contributed by atoms with Gasteiger partial charge in [-0.1, -0.05) is 131 Å². The molecule has 3 aliphatic carbocycles. The molecule has 0 aromatic heterocycles. The van der Waals surface area contributed by atoms with Gasteiger partial charge in [-0.05, 0) is 89.2 Å². The summed E-state index contributed by atoms with van der Waals surface area (Å²) in [4.78, 5) is 116. The highest BCUT2D eigenvalue weighted by Gasteiger charge is 2.54. The maximum Gasteiger partial charge on any atom is 0.312 e. The van der Waals surface area contributed by atoms with E-state index in [1.165, 1.54) is 137 Å². The number of nitrogens with one attached hydrogen (secondary N) is 2. The lowest BCUT2D eigenvalue weighted by molar-refractivity contribution is -0.159. The molecule has 4 fully saturated rings. The summed E-state index contributed by atoms with van der Waals surface area (Å²) in [6.07, 6.45) is 21.8. The van der Waals surface area contributed by atoms with Gasteiger partial charge in [0.2, 0.25) is 5.78 Å². The van der Waals surface area contributed by atoms with E-state index in [1.54, 1.807) is 89.9 Å². The topological polar surface area (TPSA) is 416 Å². The number of aromatic hydroxyl groups is 4. The fraction of sp³-hybridized carbons (Fsp3) is 0.574. The molecule has 0 spiro atoms. The van der Waals surface area contributed by atoms with Gasteiger partial charge in [-0.15, -0.1) is 0 Å². The monoisotopic (exact) mass is 1720 g/mol. The van der Waals surface area contributed by atoms with Gasteiger partial charge in [0.05, 0.1) is 93.8 Å². The van der Waals surface area contributed by atoms with E-state index in [4.69, 9.17) is 28.4 Å². The quantitative estimate of drug-likeness (QED) is 0.0433. The van der Waals surface area contributed by atoms with Crippen molar-refractivity contribution in [2.24, 2.45) is 69.4 Å². The number of esters is 2. The van der Waals surface area contributed by atoms with E-state index in [2.05, 4.69) is 30.6 Å². The maximum atomic E-state index is 14.8. The number of amides is 2. The van der Waals surface area contributed by atoms with Gasteiger partial charge in [-0.2, -0.15) is 10.2 Å². The number of fused-ring (bicyclic) bond motifs is 28. The molecule has 0 unspecified atom stereocenters. The fourth-order valence-electron chi connectivity index (χ4n) is 18.6. The first-order valence-electron chi connectivity index (χ1n) is 43.7.